The molecule has 72 valence electrons. The Labute approximate surface area is 74.6 Å². The average molecular weight is 186 g/mol. The summed E-state index contributed by atoms with van der Waals surface area (Å²) in [5.74, 6) is -2.41. The van der Waals surface area contributed by atoms with Gasteiger partial charge in [0.1, 0.15) is 0 Å². The van der Waals surface area contributed by atoms with E-state index in [0.29, 0.717) is 13.0 Å². The van der Waals surface area contributed by atoms with Gasteiger partial charge in [0.25, 0.3) is 0 Å². The molecule has 1 atom stereocenters. The third kappa shape index (κ3) is 3.71. The molecule has 5 nitrogen and oxygen atoms in total. The van der Waals surface area contributed by atoms with E-state index in [4.69, 9.17) is 14.9 Å². The lowest BCUT2D eigenvalue weighted by molar-refractivity contribution is -0.135. The number of carbonyl (C=O) groups is 2. The van der Waals surface area contributed by atoms with Crippen LogP contribution in [0.25, 0.3) is 0 Å². The Morgan fingerprint density at radius 1 is 1.46 bits per heavy atom. The molecule has 0 spiro atoms. The third-order valence-corrected chi connectivity index (χ3v) is 1.71. The second kappa shape index (κ2) is 4.04. The van der Waals surface area contributed by atoms with Crippen molar-refractivity contribution in [3.05, 3.63) is 11.6 Å². The zero-order chi connectivity index (χ0) is 9.84. The molecule has 5 heteroatoms. The second-order valence-corrected chi connectivity index (χ2v) is 2.81. The van der Waals surface area contributed by atoms with Crippen LogP contribution in [0.4, 0.5) is 0 Å². The zero-order valence-electron chi connectivity index (χ0n) is 6.90. The molecule has 1 aliphatic heterocycles. The average Bonchev–Trinajstić information content (AvgIpc) is 2.79. The molecule has 1 heterocycles. The van der Waals surface area contributed by atoms with Crippen molar-refractivity contribution < 1.29 is 24.5 Å². The Bertz CT molecular complexity index is 251. The summed E-state index contributed by atoms with van der Waals surface area (Å²) in [5.41, 5.74) is -0.0806. The van der Waals surface area contributed by atoms with Gasteiger partial charge in [0.2, 0.25) is 0 Å². The maximum absolute atomic E-state index is 10.5. The van der Waals surface area contributed by atoms with Gasteiger partial charge in [0.05, 0.1) is 12.7 Å². The fourth-order valence-corrected chi connectivity index (χ4v) is 0.941. The first-order valence-corrected chi connectivity index (χ1v) is 3.88. The minimum atomic E-state index is -1.23. The summed E-state index contributed by atoms with van der Waals surface area (Å²) in [6.45, 7) is 0.653. The van der Waals surface area contributed by atoms with Crippen LogP contribution in [-0.2, 0) is 14.3 Å². The minimum Gasteiger partial charge on any atom is -0.478 e. The standard InChI is InChI=1S/C8H10O5/c9-7(10)3-5(8(11)12)1-2-6-4-13-6/h3,6H,1-2,4H2,(H,9,10)(H,11,12)/b5-3-. The number of rotatable bonds is 5. The lowest BCUT2D eigenvalue weighted by Crippen LogP contribution is -2.05. The highest BCUT2D eigenvalue weighted by molar-refractivity contribution is 5.94. The van der Waals surface area contributed by atoms with E-state index in [1.54, 1.807) is 0 Å². The summed E-state index contributed by atoms with van der Waals surface area (Å²) >= 11 is 0. The molecular weight excluding hydrogens is 176 g/mol. The molecule has 2 N–H and O–H groups in total. The van der Waals surface area contributed by atoms with E-state index in [0.717, 1.165) is 6.08 Å². The Hall–Kier alpha value is -1.36. The zero-order valence-corrected chi connectivity index (χ0v) is 6.90. The monoisotopic (exact) mass is 186 g/mol. The molecule has 1 aliphatic rings. The highest BCUT2D eigenvalue weighted by Crippen LogP contribution is 2.18. The molecule has 0 amide bonds. The van der Waals surface area contributed by atoms with Crippen LogP contribution in [0, 0.1) is 0 Å². The fourth-order valence-electron chi connectivity index (χ4n) is 0.941. The SMILES string of the molecule is O=C(O)/C=C(/CCC1CO1)C(=O)O. The molecule has 0 radical (unpaired) electrons. The minimum absolute atomic E-state index is 0.0806. The lowest BCUT2D eigenvalue weighted by Gasteiger charge is -1.97. The van der Waals surface area contributed by atoms with Crippen molar-refractivity contribution >= 4 is 11.9 Å². The summed E-state index contributed by atoms with van der Waals surface area (Å²) in [6.07, 6.45) is 1.67. The predicted octanol–water partition coefficient (Wildman–Crippen LogP) is 0.261. The largest absolute Gasteiger partial charge is 0.478 e. The van der Waals surface area contributed by atoms with Crippen molar-refractivity contribution in [3.8, 4) is 0 Å². The van der Waals surface area contributed by atoms with E-state index in [2.05, 4.69) is 0 Å². The molecule has 0 bridgehead atoms. The van der Waals surface area contributed by atoms with E-state index in [-0.39, 0.29) is 18.1 Å². The quantitative estimate of drug-likeness (QED) is 0.475. The Kier molecular flexibility index (Phi) is 3.02. The Morgan fingerprint density at radius 3 is 2.46 bits per heavy atom. The van der Waals surface area contributed by atoms with E-state index in [1.165, 1.54) is 0 Å². The van der Waals surface area contributed by atoms with Gasteiger partial charge in [-0.15, -0.1) is 0 Å². The van der Waals surface area contributed by atoms with Crippen LogP contribution in [0.2, 0.25) is 0 Å². The van der Waals surface area contributed by atoms with Crippen molar-refractivity contribution in [3.63, 3.8) is 0 Å². The van der Waals surface area contributed by atoms with Crippen LogP contribution in [0.5, 0.6) is 0 Å². The second-order valence-electron chi connectivity index (χ2n) is 2.81. The topological polar surface area (TPSA) is 87.1 Å². The van der Waals surface area contributed by atoms with Gasteiger partial charge in [-0.05, 0) is 12.8 Å². The van der Waals surface area contributed by atoms with E-state index in [9.17, 15) is 9.59 Å². The highest BCUT2D eigenvalue weighted by Gasteiger charge is 2.23. The number of ether oxygens (including phenoxy) is 1. The molecule has 1 fully saturated rings. The Morgan fingerprint density at radius 2 is 2.08 bits per heavy atom. The summed E-state index contributed by atoms with van der Waals surface area (Å²) in [7, 11) is 0. The summed E-state index contributed by atoms with van der Waals surface area (Å²) in [5, 5.41) is 16.9. The molecular formula is C8H10O5. The van der Waals surface area contributed by atoms with Crippen LogP contribution in [0.3, 0.4) is 0 Å². The smallest absolute Gasteiger partial charge is 0.331 e. The molecule has 0 aliphatic carbocycles. The number of hydrogen-bond donors (Lipinski definition) is 2. The number of aliphatic carboxylic acids is 2. The van der Waals surface area contributed by atoms with Crippen LogP contribution < -0.4 is 0 Å². The molecule has 0 aromatic rings. The number of carboxylic acid groups (broad SMARTS) is 2. The first-order chi connectivity index (χ1) is 6.09. The van der Waals surface area contributed by atoms with Gasteiger partial charge < -0.3 is 14.9 Å². The van der Waals surface area contributed by atoms with Gasteiger partial charge in [-0.2, -0.15) is 0 Å². The third-order valence-electron chi connectivity index (χ3n) is 1.71. The summed E-state index contributed by atoms with van der Waals surface area (Å²) in [6, 6.07) is 0. The molecule has 1 saturated heterocycles. The maximum atomic E-state index is 10.5. The van der Waals surface area contributed by atoms with Gasteiger partial charge in [-0.1, -0.05) is 0 Å². The highest BCUT2D eigenvalue weighted by atomic mass is 16.6. The molecule has 1 rings (SSSR count). The lowest BCUT2D eigenvalue weighted by atomic mass is 10.1. The first-order valence-electron chi connectivity index (χ1n) is 3.88. The van der Waals surface area contributed by atoms with Gasteiger partial charge in [-0.25, -0.2) is 9.59 Å². The predicted molar refractivity (Wildman–Crippen MR) is 42.3 cm³/mol. The molecule has 1 unspecified atom stereocenters. The van der Waals surface area contributed by atoms with Gasteiger partial charge in [0, 0.05) is 11.6 Å². The Balaban J connectivity index is 2.45. The molecule has 0 saturated carbocycles. The van der Waals surface area contributed by atoms with Crippen molar-refractivity contribution in [2.24, 2.45) is 0 Å². The van der Waals surface area contributed by atoms with Crippen molar-refractivity contribution in [1.82, 2.24) is 0 Å². The summed E-state index contributed by atoms with van der Waals surface area (Å²) < 4.78 is 4.88. The number of epoxide rings is 1. The molecule has 13 heavy (non-hydrogen) atoms. The van der Waals surface area contributed by atoms with Gasteiger partial charge >= 0.3 is 11.9 Å². The maximum Gasteiger partial charge on any atom is 0.331 e. The normalized spacial score (nSPS) is 21.2. The van der Waals surface area contributed by atoms with Crippen molar-refractivity contribution in [2.45, 2.75) is 18.9 Å². The van der Waals surface area contributed by atoms with Crippen LogP contribution in [0.15, 0.2) is 11.6 Å². The molecule has 0 aromatic carbocycles. The number of hydrogen-bond acceptors (Lipinski definition) is 3. The van der Waals surface area contributed by atoms with Crippen molar-refractivity contribution in [1.29, 1.82) is 0 Å². The van der Waals surface area contributed by atoms with Crippen LogP contribution in [0.1, 0.15) is 12.8 Å². The van der Waals surface area contributed by atoms with Crippen LogP contribution in [-0.4, -0.2) is 34.9 Å². The molecule has 0 aromatic heterocycles. The van der Waals surface area contributed by atoms with Crippen LogP contribution >= 0.6 is 0 Å². The van der Waals surface area contributed by atoms with E-state index >= 15 is 0 Å². The number of carboxylic acids is 2. The van der Waals surface area contributed by atoms with Gasteiger partial charge in [-0.3, -0.25) is 0 Å². The van der Waals surface area contributed by atoms with Gasteiger partial charge in [0.15, 0.2) is 0 Å². The van der Waals surface area contributed by atoms with Crippen molar-refractivity contribution in [2.75, 3.05) is 6.61 Å². The van der Waals surface area contributed by atoms with E-state index < -0.39 is 11.9 Å². The fraction of sp³-hybridized carbons (Fsp3) is 0.500. The summed E-state index contributed by atoms with van der Waals surface area (Å²) in [4.78, 5) is 20.7. The van der Waals surface area contributed by atoms with E-state index in [1.807, 2.05) is 0 Å². The first kappa shape index (κ1) is 9.73.